The number of nitrogens with zero attached hydrogens (tertiary/aromatic N) is 2. The van der Waals surface area contributed by atoms with Gasteiger partial charge in [0.1, 0.15) is 11.3 Å². The smallest absolute Gasteiger partial charge is 0.341 e. The number of esters is 1. The SMILES string of the molecule is COC(=O)c1cn(Cc2cccs2)cc2c(=O)[nH]nc1-2. The fourth-order valence-corrected chi connectivity index (χ4v) is 2.74. The Balaban J connectivity index is 2.13. The van der Waals surface area contributed by atoms with Gasteiger partial charge in [0.05, 0.1) is 19.2 Å². The van der Waals surface area contributed by atoms with E-state index in [-0.39, 0.29) is 11.1 Å². The topological polar surface area (TPSA) is 77.0 Å². The second kappa shape index (κ2) is 4.93. The molecule has 20 heavy (non-hydrogen) atoms. The molecule has 3 heterocycles. The van der Waals surface area contributed by atoms with E-state index in [4.69, 9.17) is 4.74 Å². The molecule has 102 valence electrons. The van der Waals surface area contributed by atoms with Gasteiger partial charge in [-0.25, -0.2) is 9.89 Å². The van der Waals surface area contributed by atoms with Gasteiger partial charge < -0.3 is 9.30 Å². The lowest BCUT2D eigenvalue weighted by molar-refractivity contribution is 0.0600. The van der Waals surface area contributed by atoms with Crippen molar-refractivity contribution in [3.63, 3.8) is 0 Å². The van der Waals surface area contributed by atoms with Crippen LogP contribution in [0.2, 0.25) is 0 Å². The number of nitrogens with one attached hydrogen (secondary N) is 1. The predicted molar refractivity (Wildman–Crippen MR) is 74.2 cm³/mol. The molecule has 1 N–H and O–H groups in total. The minimum Gasteiger partial charge on any atom is -0.465 e. The number of aromatic nitrogens is 3. The second-order valence-electron chi connectivity index (χ2n) is 4.23. The third-order valence-corrected chi connectivity index (χ3v) is 3.80. The van der Waals surface area contributed by atoms with Crippen molar-refractivity contribution in [2.45, 2.75) is 6.54 Å². The summed E-state index contributed by atoms with van der Waals surface area (Å²) in [6.45, 7) is 0.586. The van der Waals surface area contributed by atoms with Gasteiger partial charge in [0.2, 0.25) is 0 Å². The van der Waals surface area contributed by atoms with E-state index in [1.165, 1.54) is 7.11 Å². The Bertz CT molecular complexity index is 773. The molecule has 0 bridgehead atoms. The summed E-state index contributed by atoms with van der Waals surface area (Å²) >= 11 is 1.61. The summed E-state index contributed by atoms with van der Waals surface area (Å²) < 4.78 is 6.53. The van der Waals surface area contributed by atoms with Crippen LogP contribution in [-0.4, -0.2) is 27.8 Å². The van der Waals surface area contributed by atoms with Gasteiger partial charge in [-0.15, -0.1) is 11.3 Å². The number of hydrogen-bond acceptors (Lipinski definition) is 5. The molecule has 7 heteroatoms. The molecule has 0 fully saturated rings. The lowest BCUT2D eigenvalue weighted by Gasteiger charge is -2.10. The zero-order valence-electron chi connectivity index (χ0n) is 10.6. The molecule has 2 aliphatic heterocycles. The minimum atomic E-state index is -0.512. The van der Waals surface area contributed by atoms with Crippen molar-refractivity contribution in [1.29, 1.82) is 0 Å². The highest BCUT2D eigenvalue weighted by molar-refractivity contribution is 7.09. The van der Waals surface area contributed by atoms with E-state index in [9.17, 15) is 9.59 Å². The van der Waals surface area contributed by atoms with Gasteiger partial charge in [-0.05, 0) is 11.4 Å². The van der Waals surface area contributed by atoms with Crippen molar-refractivity contribution in [2.75, 3.05) is 7.11 Å². The van der Waals surface area contributed by atoms with E-state index in [2.05, 4.69) is 10.2 Å². The summed E-state index contributed by atoms with van der Waals surface area (Å²) in [5.41, 5.74) is 0.680. The zero-order valence-corrected chi connectivity index (χ0v) is 11.4. The third kappa shape index (κ3) is 2.12. The molecule has 2 aliphatic rings. The summed E-state index contributed by atoms with van der Waals surface area (Å²) in [4.78, 5) is 24.6. The van der Waals surface area contributed by atoms with Gasteiger partial charge in [-0.3, -0.25) is 4.79 Å². The number of aromatic amines is 1. The van der Waals surface area contributed by atoms with Crippen molar-refractivity contribution in [1.82, 2.24) is 14.8 Å². The fraction of sp³-hybridized carbons (Fsp3) is 0.154. The summed E-state index contributed by atoms with van der Waals surface area (Å²) in [5.74, 6) is -0.512. The van der Waals surface area contributed by atoms with Gasteiger partial charge in [0.25, 0.3) is 5.56 Å². The molecule has 1 aromatic rings. The van der Waals surface area contributed by atoms with E-state index in [1.54, 1.807) is 28.3 Å². The lowest BCUT2D eigenvalue weighted by atomic mass is 10.1. The van der Waals surface area contributed by atoms with Crippen LogP contribution in [0, 0.1) is 0 Å². The summed E-state index contributed by atoms with van der Waals surface area (Å²) in [6.07, 6.45) is 3.33. The molecule has 0 unspecified atom stereocenters. The Morgan fingerprint density at radius 2 is 2.35 bits per heavy atom. The quantitative estimate of drug-likeness (QED) is 0.742. The first-order chi connectivity index (χ1) is 9.69. The molecule has 6 nitrogen and oxygen atoms in total. The number of carbonyl (C=O) groups is 1. The van der Waals surface area contributed by atoms with E-state index in [0.717, 1.165) is 4.88 Å². The summed E-state index contributed by atoms with van der Waals surface area (Å²) in [7, 11) is 1.30. The van der Waals surface area contributed by atoms with Crippen molar-refractivity contribution in [3.8, 4) is 11.3 Å². The van der Waals surface area contributed by atoms with Crippen molar-refractivity contribution in [2.24, 2.45) is 0 Å². The molecular weight excluding hydrogens is 278 g/mol. The number of methoxy groups -OCH3 is 1. The Morgan fingerprint density at radius 1 is 1.50 bits per heavy atom. The number of fused-ring (bicyclic) bond motifs is 1. The molecule has 0 spiro atoms. The highest BCUT2D eigenvalue weighted by Crippen LogP contribution is 2.21. The lowest BCUT2D eigenvalue weighted by Crippen LogP contribution is -2.12. The van der Waals surface area contributed by atoms with Crippen LogP contribution in [-0.2, 0) is 11.3 Å². The fourth-order valence-electron chi connectivity index (χ4n) is 2.02. The van der Waals surface area contributed by atoms with Crippen LogP contribution in [0.3, 0.4) is 0 Å². The van der Waals surface area contributed by atoms with Crippen LogP contribution in [0.15, 0.2) is 34.7 Å². The number of H-pyrrole nitrogens is 1. The number of rotatable bonds is 3. The van der Waals surface area contributed by atoms with E-state index in [0.29, 0.717) is 17.8 Å². The number of pyridine rings is 1. The first kappa shape index (κ1) is 12.6. The van der Waals surface area contributed by atoms with Gasteiger partial charge in [0.15, 0.2) is 0 Å². The van der Waals surface area contributed by atoms with Crippen LogP contribution >= 0.6 is 11.3 Å². The van der Waals surface area contributed by atoms with Crippen LogP contribution in [0.5, 0.6) is 0 Å². The Kier molecular flexibility index (Phi) is 3.11. The highest BCUT2D eigenvalue weighted by Gasteiger charge is 2.21. The largest absolute Gasteiger partial charge is 0.465 e. The molecule has 0 aliphatic carbocycles. The summed E-state index contributed by atoms with van der Waals surface area (Å²) in [6, 6.07) is 3.95. The predicted octanol–water partition coefficient (Wildman–Crippen LogP) is 1.57. The molecule has 3 rings (SSSR count). The van der Waals surface area contributed by atoms with Gasteiger partial charge in [-0.1, -0.05) is 6.07 Å². The van der Waals surface area contributed by atoms with Gasteiger partial charge >= 0.3 is 5.97 Å². The van der Waals surface area contributed by atoms with Crippen LogP contribution in [0.1, 0.15) is 15.2 Å². The Labute approximate surface area is 118 Å². The monoisotopic (exact) mass is 289 g/mol. The van der Waals surface area contributed by atoms with Crippen LogP contribution in [0.25, 0.3) is 11.3 Å². The summed E-state index contributed by atoms with van der Waals surface area (Å²) in [5, 5.41) is 8.21. The van der Waals surface area contributed by atoms with E-state index >= 15 is 0 Å². The van der Waals surface area contributed by atoms with E-state index in [1.807, 2.05) is 17.5 Å². The maximum absolute atomic E-state index is 11.8. The van der Waals surface area contributed by atoms with Crippen LogP contribution < -0.4 is 5.56 Å². The average molecular weight is 289 g/mol. The number of hydrogen-bond donors (Lipinski definition) is 1. The molecule has 0 saturated heterocycles. The van der Waals surface area contributed by atoms with Crippen molar-refractivity contribution >= 4 is 17.3 Å². The maximum Gasteiger partial charge on any atom is 0.341 e. The maximum atomic E-state index is 11.8. The normalized spacial score (nSPS) is 10.8. The average Bonchev–Trinajstić information content (AvgIpc) is 3.08. The molecule has 0 saturated carbocycles. The molecule has 0 atom stereocenters. The zero-order chi connectivity index (χ0) is 14.1. The first-order valence-corrected chi connectivity index (χ1v) is 6.76. The minimum absolute atomic E-state index is 0.278. The Morgan fingerprint density at radius 3 is 3.05 bits per heavy atom. The van der Waals surface area contributed by atoms with E-state index < -0.39 is 5.97 Å². The van der Waals surface area contributed by atoms with Gasteiger partial charge in [0, 0.05) is 17.3 Å². The van der Waals surface area contributed by atoms with Crippen LogP contribution in [0.4, 0.5) is 0 Å². The molecule has 0 amide bonds. The molecule has 1 aromatic heterocycles. The third-order valence-electron chi connectivity index (χ3n) is 2.94. The molecule has 0 radical (unpaired) electrons. The molecular formula is C13H11N3O3S. The number of ether oxygens (including phenoxy) is 1. The highest BCUT2D eigenvalue weighted by atomic mass is 32.1. The number of carbonyl (C=O) groups excluding carboxylic acids is 1. The van der Waals surface area contributed by atoms with Crippen molar-refractivity contribution < 1.29 is 9.53 Å². The second-order valence-corrected chi connectivity index (χ2v) is 5.26. The Hall–Kier alpha value is -2.41. The standard InChI is InChI=1S/C13H11N3O3S/c1-19-13(18)10-7-16(5-8-3-2-4-20-8)6-9-11(10)14-15-12(9)17/h2-4,6-7H,5H2,1H3,(H,15,17). The molecule has 0 aromatic carbocycles. The first-order valence-electron chi connectivity index (χ1n) is 5.88. The van der Waals surface area contributed by atoms with Gasteiger partial charge in [-0.2, -0.15) is 5.10 Å². The number of thiophene rings is 1. The van der Waals surface area contributed by atoms with Crippen molar-refractivity contribution in [3.05, 3.63) is 50.7 Å².